The number of nitrogens with zero attached hydrogens (tertiary/aromatic N) is 3. The smallest absolute Gasteiger partial charge is 0.236 e. The van der Waals surface area contributed by atoms with E-state index in [1.165, 1.54) is 4.88 Å². The standard InChI is InChI=1S/C17H28N4OS/c1-17(13-18)4-5-20(14-17)12-16(22)21-8-6-19(7-9-21)11-15-3-2-10-23-15/h2-3,10H,4-9,11-14,18H2,1H3. The van der Waals surface area contributed by atoms with Crippen molar-refractivity contribution in [2.24, 2.45) is 11.1 Å². The highest BCUT2D eigenvalue weighted by Gasteiger charge is 2.34. The van der Waals surface area contributed by atoms with Crippen molar-refractivity contribution in [2.45, 2.75) is 19.9 Å². The third-order valence-corrected chi connectivity index (χ3v) is 6.03. The van der Waals surface area contributed by atoms with Gasteiger partial charge in [-0.15, -0.1) is 11.3 Å². The number of thiophene rings is 1. The molecule has 1 atom stereocenters. The number of carbonyl (C=O) groups is 1. The van der Waals surface area contributed by atoms with E-state index in [9.17, 15) is 4.79 Å². The van der Waals surface area contributed by atoms with Gasteiger partial charge in [0.15, 0.2) is 0 Å². The molecular formula is C17H28N4OS. The average Bonchev–Trinajstić information content (AvgIpc) is 3.19. The van der Waals surface area contributed by atoms with Crippen LogP contribution in [0.15, 0.2) is 17.5 Å². The highest BCUT2D eigenvalue weighted by Crippen LogP contribution is 2.28. The van der Waals surface area contributed by atoms with Crippen molar-refractivity contribution >= 4 is 17.2 Å². The van der Waals surface area contributed by atoms with Gasteiger partial charge in [0.25, 0.3) is 0 Å². The van der Waals surface area contributed by atoms with Crippen LogP contribution in [0.5, 0.6) is 0 Å². The first kappa shape index (κ1) is 16.9. The zero-order valence-electron chi connectivity index (χ0n) is 14.0. The molecule has 0 bridgehead atoms. The Bertz CT molecular complexity index is 513. The predicted octanol–water partition coefficient (Wildman–Crippen LogP) is 1.06. The number of piperazine rings is 1. The SMILES string of the molecule is CC1(CN)CCN(CC(=O)N2CCN(Cc3cccs3)CC2)C1. The summed E-state index contributed by atoms with van der Waals surface area (Å²) in [6.45, 7) is 10.1. The van der Waals surface area contributed by atoms with Crippen LogP contribution in [-0.2, 0) is 11.3 Å². The third kappa shape index (κ3) is 4.32. The molecule has 1 aromatic heterocycles. The zero-order chi connectivity index (χ0) is 16.3. The second-order valence-electron chi connectivity index (χ2n) is 7.21. The molecule has 6 heteroatoms. The van der Waals surface area contributed by atoms with Crippen molar-refractivity contribution in [1.82, 2.24) is 14.7 Å². The molecule has 0 saturated carbocycles. The quantitative estimate of drug-likeness (QED) is 0.874. The molecule has 1 aromatic rings. The molecule has 3 rings (SSSR count). The molecule has 3 heterocycles. The van der Waals surface area contributed by atoms with Crippen molar-refractivity contribution in [3.05, 3.63) is 22.4 Å². The highest BCUT2D eigenvalue weighted by molar-refractivity contribution is 7.09. The minimum absolute atomic E-state index is 0.194. The highest BCUT2D eigenvalue weighted by atomic mass is 32.1. The summed E-state index contributed by atoms with van der Waals surface area (Å²) < 4.78 is 0. The van der Waals surface area contributed by atoms with Gasteiger partial charge in [-0.25, -0.2) is 0 Å². The third-order valence-electron chi connectivity index (χ3n) is 5.17. The Morgan fingerprint density at radius 1 is 1.26 bits per heavy atom. The summed E-state index contributed by atoms with van der Waals surface area (Å²) in [6.07, 6.45) is 1.10. The molecule has 0 aromatic carbocycles. The van der Waals surface area contributed by atoms with Gasteiger partial charge in [-0.3, -0.25) is 14.6 Å². The van der Waals surface area contributed by atoms with Crippen molar-refractivity contribution in [3.63, 3.8) is 0 Å². The van der Waals surface area contributed by atoms with Gasteiger partial charge < -0.3 is 10.6 Å². The van der Waals surface area contributed by atoms with E-state index in [0.29, 0.717) is 13.1 Å². The lowest BCUT2D eigenvalue weighted by Crippen LogP contribution is -2.50. The predicted molar refractivity (Wildman–Crippen MR) is 94.4 cm³/mol. The van der Waals surface area contributed by atoms with Gasteiger partial charge in [0.2, 0.25) is 5.91 Å². The Morgan fingerprint density at radius 2 is 2.04 bits per heavy atom. The molecule has 0 spiro atoms. The van der Waals surface area contributed by atoms with Crippen molar-refractivity contribution < 1.29 is 4.79 Å². The van der Waals surface area contributed by atoms with Crippen LogP contribution in [0.3, 0.4) is 0 Å². The second-order valence-corrected chi connectivity index (χ2v) is 8.24. The van der Waals surface area contributed by atoms with Gasteiger partial charge in [-0.2, -0.15) is 0 Å². The van der Waals surface area contributed by atoms with Gasteiger partial charge in [0.1, 0.15) is 0 Å². The number of rotatable bonds is 5. The minimum atomic E-state index is 0.194. The van der Waals surface area contributed by atoms with Crippen molar-refractivity contribution in [1.29, 1.82) is 0 Å². The van der Waals surface area contributed by atoms with Crippen LogP contribution in [0.1, 0.15) is 18.2 Å². The summed E-state index contributed by atoms with van der Waals surface area (Å²) in [5.74, 6) is 0.280. The van der Waals surface area contributed by atoms with Crippen LogP contribution in [0.2, 0.25) is 0 Å². The molecule has 23 heavy (non-hydrogen) atoms. The summed E-state index contributed by atoms with van der Waals surface area (Å²) >= 11 is 1.81. The Kier molecular flexibility index (Phi) is 5.36. The number of amides is 1. The van der Waals surface area contributed by atoms with E-state index >= 15 is 0 Å². The largest absolute Gasteiger partial charge is 0.339 e. The Hall–Kier alpha value is -0.950. The summed E-state index contributed by atoms with van der Waals surface area (Å²) in [4.78, 5) is 20.7. The molecular weight excluding hydrogens is 308 g/mol. The van der Waals surface area contributed by atoms with E-state index < -0.39 is 0 Å². The Labute approximate surface area is 143 Å². The van der Waals surface area contributed by atoms with E-state index in [-0.39, 0.29) is 11.3 Å². The maximum atomic E-state index is 12.5. The van der Waals surface area contributed by atoms with E-state index in [1.807, 2.05) is 16.2 Å². The number of carbonyl (C=O) groups excluding carboxylic acids is 1. The molecule has 2 aliphatic rings. The molecule has 2 aliphatic heterocycles. The summed E-state index contributed by atoms with van der Waals surface area (Å²) in [5, 5.41) is 2.13. The van der Waals surface area contributed by atoms with Crippen molar-refractivity contribution in [2.75, 3.05) is 52.4 Å². The fourth-order valence-corrected chi connectivity index (χ4v) is 4.24. The Morgan fingerprint density at radius 3 is 2.65 bits per heavy atom. The van der Waals surface area contributed by atoms with Crippen molar-refractivity contribution in [3.8, 4) is 0 Å². The minimum Gasteiger partial charge on any atom is -0.339 e. The lowest BCUT2D eigenvalue weighted by atomic mass is 9.90. The van der Waals surface area contributed by atoms with E-state index in [4.69, 9.17) is 5.73 Å². The van der Waals surface area contributed by atoms with Gasteiger partial charge in [0.05, 0.1) is 6.54 Å². The van der Waals surface area contributed by atoms with Gasteiger partial charge in [-0.05, 0) is 36.4 Å². The lowest BCUT2D eigenvalue weighted by Gasteiger charge is -2.35. The average molecular weight is 337 g/mol. The maximum Gasteiger partial charge on any atom is 0.236 e. The van der Waals surface area contributed by atoms with Crippen LogP contribution in [0.4, 0.5) is 0 Å². The first-order valence-corrected chi connectivity index (χ1v) is 9.41. The molecule has 0 radical (unpaired) electrons. The molecule has 0 aliphatic carbocycles. The number of nitrogens with two attached hydrogens (primary N) is 1. The van der Waals surface area contributed by atoms with E-state index in [2.05, 4.69) is 34.2 Å². The van der Waals surface area contributed by atoms with Gasteiger partial charge in [-0.1, -0.05) is 13.0 Å². The molecule has 1 unspecified atom stereocenters. The number of hydrogen-bond donors (Lipinski definition) is 1. The van der Waals surface area contributed by atoms with Crippen LogP contribution >= 0.6 is 11.3 Å². The Balaban J connectivity index is 1.42. The maximum absolute atomic E-state index is 12.5. The van der Waals surface area contributed by atoms with Crippen LogP contribution in [0.25, 0.3) is 0 Å². The molecule has 128 valence electrons. The summed E-state index contributed by atoms with van der Waals surface area (Å²) in [7, 11) is 0. The van der Waals surface area contributed by atoms with E-state index in [1.54, 1.807) is 0 Å². The molecule has 2 fully saturated rings. The van der Waals surface area contributed by atoms with Crippen LogP contribution in [0, 0.1) is 5.41 Å². The monoisotopic (exact) mass is 336 g/mol. The fraction of sp³-hybridized carbons (Fsp3) is 0.706. The first-order chi connectivity index (χ1) is 11.1. The second kappa shape index (κ2) is 7.30. The van der Waals surface area contributed by atoms with Gasteiger partial charge in [0, 0.05) is 44.1 Å². The fourth-order valence-electron chi connectivity index (χ4n) is 3.50. The van der Waals surface area contributed by atoms with Gasteiger partial charge >= 0.3 is 0 Å². The molecule has 2 saturated heterocycles. The molecule has 2 N–H and O–H groups in total. The zero-order valence-corrected chi connectivity index (χ0v) is 14.9. The topological polar surface area (TPSA) is 52.8 Å². The molecule has 1 amide bonds. The van der Waals surface area contributed by atoms with Crippen LogP contribution < -0.4 is 5.73 Å². The van der Waals surface area contributed by atoms with Crippen LogP contribution in [-0.4, -0.2) is 73.0 Å². The number of hydrogen-bond acceptors (Lipinski definition) is 5. The normalized spacial score (nSPS) is 26.8. The number of likely N-dealkylation sites (tertiary alicyclic amines) is 1. The summed E-state index contributed by atoms with van der Waals surface area (Å²) in [6, 6.07) is 4.29. The van der Waals surface area contributed by atoms with E-state index in [0.717, 1.165) is 52.2 Å². The molecule has 5 nitrogen and oxygen atoms in total. The lowest BCUT2D eigenvalue weighted by molar-refractivity contribution is -0.134. The summed E-state index contributed by atoms with van der Waals surface area (Å²) in [5.41, 5.74) is 6.04. The first-order valence-electron chi connectivity index (χ1n) is 8.53.